The minimum Gasteiger partial charge on any atom is -0.389 e. The topological polar surface area (TPSA) is 354 Å². The first kappa shape index (κ1) is 35.4. The number of aromatic amines is 1. The third-order valence-electron chi connectivity index (χ3n) is 6.77. The van der Waals surface area contributed by atoms with E-state index in [4.69, 9.17) is 16.2 Å². The summed E-state index contributed by atoms with van der Waals surface area (Å²) in [7, 11) is -10.8. The van der Waals surface area contributed by atoms with Gasteiger partial charge in [0.25, 0.3) is 11.5 Å². The van der Waals surface area contributed by atoms with Crippen molar-refractivity contribution >= 4 is 75.7 Å². The van der Waals surface area contributed by atoms with Gasteiger partial charge in [0.05, 0.1) is 30.9 Å². The zero-order chi connectivity index (χ0) is 34.4. The van der Waals surface area contributed by atoms with Crippen molar-refractivity contribution in [2.24, 2.45) is 15.7 Å². The number of thiol groups is 2. The van der Waals surface area contributed by atoms with E-state index in [2.05, 4.69) is 74.2 Å². The van der Waals surface area contributed by atoms with Gasteiger partial charge in [-0.2, -0.15) is 39.5 Å². The summed E-state index contributed by atoms with van der Waals surface area (Å²) in [6.45, 7) is -1.90. The summed E-state index contributed by atoms with van der Waals surface area (Å²) in [5.41, 5.74) is 10.3. The standard InChI is InChI=1S/C20H28N10O13P2S2/c21-19-26-14-8(16(34)28-19)25-5(1-23-14)12(46)13(47)6(31)2-40-44(36,37)43-45(38,39)41-3-7-10(32)11(33)18(42-7)30-4-24-9-15(30)27-20(22)29-17(9)35/h1,4,6-8,10-13,18,25,31-33,46-47H,2-3H2,(H,36,37)(H,38,39)(H3,22,27,29,35)(H3,21,23,26,28,34)/t6-,7-,8?,10-,11-,12?,13?,18-/m1/s1. The Labute approximate surface area is 273 Å². The van der Waals surface area contributed by atoms with Crippen molar-refractivity contribution in [2.45, 2.75) is 47.2 Å². The number of rotatable bonds is 12. The second-order valence-electron chi connectivity index (χ2n) is 10.1. The van der Waals surface area contributed by atoms with E-state index in [0.717, 1.165) is 10.9 Å². The third-order valence-corrected chi connectivity index (χ3v) is 10.8. The number of aliphatic hydroxyl groups excluding tert-OH is 3. The van der Waals surface area contributed by atoms with E-state index in [0.29, 0.717) is 0 Å². The van der Waals surface area contributed by atoms with Crippen LogP contribution >= 0.6 is 40.9 Å². The minimum absolute atomic E-state index is 0.0849. The summed E-state index contributed by atoms with van der Waals surface area (Å²) >= 11 is 8.59. The fraction of sp³-hybridized carbons (Fsp3) is 0.500. The monoisotopic (exact) mass is 742 g/mol. The second-order valence-corrected chi connectivity index (χ2v) is 14.3. The first-order valence-electron chi connectivity index (χ1n) is 13.1. The lowest BCUT2D eigenvalue weighted by Gasteiger charge is -2.31. The fourth-order valence-electron chi connectivity index (χ4n) is 4.50. The van der Waals surface area contributed by atoms with Gasteiger partial charge < -0.3 is 46.6 Å². The SMILES string of the molecule is NC1=NC2=NC=C(C(S)C(S)[C@H](O)COP(=O)(O)OP(=O)(O)OC[C@H]3O[C@@H](n4cnc5c(=O)[nH]c(N)nc54)[C@H](O)[C@@H]3O)NC2C(=O)N1. The number of nitrogens with one attached hydrogen (secondary N) is 3. The number of nitrogen functional groups attached to an aromatic ring is 1. The second kappa shape index (κ2) is 13.5. The van der Waals surface area contributed by atoms with Crippen LogP contribution in [0, 0.1) is 0 Å². The molecule has 1 saturated heterocycles. The zero-order valence-corrected chi connectivity index (χ0v) is 26.9. The maximum absolute atomic E-state index is 12.4. The highest BCUT2D eigenvalue weighted by atomic mass is 32.1. The highest BCUT2D eigenvalue weighted by Gasteiger charge is 2.46. The summed E-state index contributed by atoms with van der Waals surface area (Å²) in [5.74, 6) is -0.868. The number of H-pyrrole nitrogens is 1. The highest BCUT2D eigenvalue weighted by molar-refractivity contribution is 7.85. The van der Waals surface area contributed by atoms with Crippen LogP contribution in [0.4, 0.5) is 5.95 Å². The van der Waals surface area contributed by atoms with E-state index in [-0.39, 0.29) is 34.6 Å². The van der Waals surface area contributed by atoms with Crippen LogP contribution in [0.15, 0.2) is 33.0 Å². The van der Waals surface area contributed by atoms with Crippen molar-refractivity contribution in [2.75, 3.05) is 18.9 Å². The number of fused-ring (bicyclic) bond motifs is 2. The molecule has 0 bridgehead atoms. The minimum atomic E-state index is -5.41. The van der Waals surface area contributed by atoms with E-state index >= 15 is 0 Å². The molecule has 10 atom stereocenters. The number of hydrogen-bond donors (Lipinski definition) is 12. The molecule has 5 heterocycles. The highest BCUT2D eigenvalue weighted by Crippen LogP contribution is 2.60. The molecule has 5 unspecified atom stereocenters. The molecule has 0 aliphatic carbocycles. The molecule has 3 aliphatic heterocycles. The van der Waals surface area contributed by atoms with Crippen LogP contribution in [-0.4, -0.2) is 116 Å². The van der Waals surface area contributed by atoms with Gasteiger partial charge in [-0.15, -0.1) is 0 Å². The molecule has 47 heavy (non-hydrogen) atoms. The molecule has 0 spiro atoms. The Morgan fingerprint density at radius 2 is 1.83 bits per heavy atom. The number of nitrogens with zero attached hydrogens (tertiary/aromatic N) is 5. The predicted octanol–water partition coefficient (Wildman–Crippen LogP) is -3.81. The summed E-state index contributed by atoms with van der Waals surface area (Å²) in [4.78, 5) is 62.2. The van der Waals surface area contributed by atoms with E-state index in [9.17, 15) is 43.8 Å². The molecule has 5 rings (SSSR count). The van der Waals surface area contributed by atoms with Gasteiger partial charge in [0.1, 0.15) is 18.3 Å². The van der Waals surface area contributed by atoms with Crippen LogP contribution in [0.25, 0.3) is 11.2 Å². The molecule has 2 aromatic rings. The number of phosphoric acid groups is 2. The summed E-state index contributed by atoms with van der Waals surface area (Å²) in [5, 5.41) is 34.5. The van der Waals surface area contributed by atoms with Gasteiger partial charge in [-0.25, -0.2) is 19.1 Å². The van der Waals surface area contributed by atoms with Crippen LogP contribution < -0.4 is 27.7 Å². The molecule has 258 valence electrons. The number of hydrogen-bond acceptors (Lipinski definition) is 20. The number of anilines is 1. The molecule has 12 N–H and O–H groups in total. The van der Waals surface area contributed by atoms with Crippen molar-refractivity contribution in [3.05, 3.63) is 28.6 Å². The molecule has 23 nitrogen and oxygen atoms in total. The Kier molecular flexibility index (Phi) is 10.2. The Morgan fingerprint density at radius 3 is 2.55 bits per heavy atom. The van der Waals surface area contributed by atoms with E-state index in [1.807, 2.05) is 0 Å². The Hall–Kier alpha value is -2.90. The lowest BCUT2D eigenvalue weighted by molar-refractivity contribution is -0.120. The van der Waals surface area contributed by atoms with Crippen molar-refractivity contribution in [3.63, 3.8) is 0 Å². The van der Waals surface area contributed by atoms with Crippen LogP contribution in [-0.2, 0) is 32.0 Å². The number of aliphatic hydroxyl groups is 3. The van der Waals surface area contributed by atoms with Crippen LogP contribution in [0.3, 0.4) is 0 Å². The molecule has 0 aromatic carbocycles. The van der Waals surface area contributed by atoms with Gasteiger partial charge in [-0.3, -0.25) is 33.5 Å². The summed E-state index contributed by atoms with van der Waals surface area (Å²) in [6, 6.07) is -1.01. The van der Waals surface area contributed by atoms with Crippen molar-refractivity contribution in [1.82, 2.24) is 30.2 Å². The first-order valence-corrected chi connectivity index (χ1v) is 17.1. The van der Waals surface area contributed by atoms with Crippen LogP contribution in [0.1, 0.15) is 6.23 Å². The predicted molar refractivity (Wildman–Crippen MR) is 165 cm³/mol. The smallest absolute Gasteiger partial charge is 0.389 e. The van der Waals surface area contributed by atoms with Crippen molar-refractivity contribution in [3.8, 4) is 0 Å². The zero-order valence-electron chi connectivity index (χ0n) is 23.4. The average molecular weight is 743 g/mol. The molecular weight excluding hydrogens is 714 g/mol. The molecule has 1 fully saturated rings. The Balaban J connectivity index is 1.14. The van der Waals surface area contributed by atoms with E-state index < -0.39 is 87.5 Å². The molecule has 27 heteroatoms. The maximum atomic E-state index is 12.4. The number of amidine groups is 1. The van der Waals surface area contributed by atoms with E-state index in [1.54, 1.807) is 0 Å². The molecule has 0 saturated carbocycles. The summed E-state index contributed by atoms with van der Waals surface area (Å²) in [6.07, 6.45) is -5.59. The van der Waals surface area contributed by atoms with Gasteiger partial charge in [0.15, 0.2) is 29.3 Å². The third kappa shape index (κ3) is 7.72. The number of nitrogens with two attached hydrogens (primary N) is 2. The largest absolute Gasteiger partial charge is 0.481 e. The molecule has 3 aliphatic rings. The number of amides is 1. The van der Waals surface area contributed by atoms with Crippen molar-refractivity contribution < 1.29 is 57.1 Å². The normalized spacial score (nSPS) is 28.9. The number of carbonyl (C=O) groups is 1. The van der Waals surface area contributed by atoms with Gasteiger partial charge in [-0.1, -0.05) is 0 Å². The quantitative estimate of drug-likeness (QED) is 0.0732. The molecule has 0 radical (unpaired) electrons. The Morgan fingerprint density at radius 1 is 1.13 bits per heavy atom. The fourth-order valence-corrected chi connectivity index (χ4v) is 7.18. The lowest BCUT2D eigenvalue weighted by atomic mass is 10.1. The molecule has 1 amide bonds. The van der Waals surface area contributed by atoms with Gasteiger partial charge >= 0.3 is 15.6 Å². The number of imidazole rings is 1. The Bertz CT molecular complexity index is 1810. The van der Waals surface area contributed by atoms with Crippen molar-refractivity contribution in [1.29, 1.82) is 0 Å². The molecule has 2 aromatic heterocycles. The lowest BCUT2D eigenvalue weighted by Crippen LogP contribution is -2.58. The molecular formula is C20H28N10O13P2S2. The van der Waals surface area contributed by atoms with E-state index in [1.165, 1.54) is 6.20 Å². The number of aliphatic imine (C=N–C) groups is 2. The van der Waals surface area contributed by atoms with Crippen LogP contribution in [0.5, 0.6) is 0 Å². The van der Waals surface area contributed by atoms with Gasteiger partial charge in [0.2, 0.25) is 11.9 Å². The van der Waals surface area contributed by atoms with Gasteiger partial charge in [0, 0.05) is 17.1 Å². The number of aromatic nitrogens is 4. The maximum Gasteiger partial charge on any atom is 0.481 e. The number of guanidine groups is 1. The number of ether oxygens (including phenoxy) is 1. The summed E-state index contributed by atoms with van der Waals surface area (Å²) < 4.78 is 45.0. The van der Waals surface area contributed by atoms with Crippen LogP contribution in [0.2, 0.25) is 0 Å². The average Bonchev–Trinajstić information content (AvgIpc) is 3.53. The first-order chi connectivity index (χ1) is 22.0. The number of carbonyl (C=O) groups excluding carboxylic acids is 1. The number of phosphoric ester groups is 2. The van der Waals surface area contributed by atoms with Gasteiger partial charge in [-0.05, 0) is 0 Å².